The molecule has 1 aromatic rings. The molecule has 1 rings (SSSR count). The van der Waals surface area contributed by atoms with E-state index in [1.807, 2.05) is 6.92 Å². The largest absolute Gasteiger partial charge is 0.379 e. The van der Waals surface area contributed by atoms with E-state index in [0.717, 1.165) is 12.1 Å². The van der Waals surface area contributed by atoms with Gasteiger partial charge in [0.1, 0.15) is 0 Å². The first kappa shape index (κ1) is 14.0. The Morgan fingerprint density at radius 2 is 1.88 bits per heavy atom. The van der Waals surface area contributed by atoms with Crippen LogP contribution in [0.5, 0.6) is 0 Å². The number of benzene rings is 1. The summed E-state index contributed by atoms with van der Waals surface area (Å²) in [6.07, 6.45) is 0. The quantitative estimate of drug-likeness (QED) is 0.747. The van der Waals surface area contributed by atoms with Crippen LogP contribution in [0.2, 0.25) is 0 Å². The fourth-order valence-corrected chi connectivity index (χ4v) is 1.31. The highest BCUT2D eigenvalue weighted by atomic mass is 19.2. The summed E-state index contributed by atoms with van der Waals surface area (Å²) in [6, 6.07) is 3.14. The van der Waals surface area contributed by atoms with Crippen molar-refractivity contribution in [2.75, 3.05) is 26.4 Å². The summed E-state index contributed by atoms with van der Waals surface area (Å²) < 4.78 is 36.0. The van der Waals surface area contributed by atoms with Crippen molar-refractivity contribution >= 4 is 0 Å². The molecule has 17 heavy (non-hydrogen) atoms. The molecule has 0 bridgehead atoms. The third kappa shape index (κ3) is 4.77. The van der Waals surface area contributed by atoms with Crippen LogP contribution in [0.25, 0.3) is 0 Å². The Kier molecular flexibility index (Phi) is 6.04. The highest BCUT2D eigenvalue weighted by Crippen LogP contribution is 2.14. The molecule has 0 amide bonds. The van der Waals surface area contributed by atoms with Crippen LogP contribution < -0.4 is 5.73 Å². The molecule has 5 heteroatoms. The van der Waals surface area contributed by atoms with E-state index < -0.39 is 17.7 Å². The Bertz CT molecular complexity index is 347. The zero-order valence-electron chi connectivity index (χ0n) is 9.79. The molecule has 96 valence electrons. The first-order valence-corrected chi connectivity index (χ1v) is 5.51. The van der Waals surface area contributed by atoms with Crippen molar-refractivity contribution in [2.24, 2.45) is 5.73 Å². The van der Waals surface area contributed by atoms with E-state index in [1.54, 1.807) is 0 Å². The summed E-state index contributed by atoms with van der Waals surface area (Å²) in [5.74, 6) is -1.77. The van der Waals surface area contributed by atoms with Gasteiger partial charge in [-0.05, 0) is 24.6 Å². The minimum atomic E-state index is -0.896. The fraction of sp³-hybridized carbons (Fsp3) is 0.500. The van der Waals surface area contributed by atoms with Crippen LogP contribution in [0.1, 0.15) is 18.5 Å². The van der Waals surface area contributed by atoms with Gasteiger partial charge in [0.2, 0.25) is 0 Å². The van der Waals surface area contributed by atoms with Crippen LogP contribution in [-0.2, 0) is 9.47 Å². The van der Waals surface area contributed by atoms with Gasteiger partial charge in [0.05, 0.1) is 25.9 Å². The standard InChI is InChI=1S/C12H17F2NO2/c1-2-16-5-6-17-8-12(15)9-3-4-10(13)11(14)7-9/h3-4,7,12H,2,5-6,8,15H2,1H3. The average Bonchev–Trinajstić information content (AvgIpc) is 2.32. The molecule has 1 unspecified atom stereocenters. The van der Waals surface area contributed by atoms with E-state index in [-0.39, 0.29) is 6.61 Å². The lowest BCUT2D eigenvalue weighted by molar-refractivity contribution is 0.0472. The molecule has 1 aromatic carbocycles. The summed E-state index contributed by atoms with van der Waals surface area (Å²) in [7, 11) is 0. The first-order chi connectivity index (χ1) is 8.15. The van der Waals surface area contributed by atoms with E-state index >= 15 is 0 Å². The van der Waals surface area contributed by atoms with Gasteiger partial charge in [-0.2, -0.15) is 0 Å². The third-order valence-corrected chi connectivity index (χ3v) is 2.25. The SMILES string of the molecule is CCOCCOCC(N)c1ccc(F)c(F)c1. The van der Waals surface area contributed by atoms with Gasteiger partial charge < -0.3 is 15.2 Å². The molecule has 3 nitrogen and oxygen atoms in total. The van der Waals surface area contributed by atoms with Gasteiger partial charge >= 0.3 is 0 Å². The number of nitrogens with two attached hydrogens (primary N) is 1. The molecule has 2 N–H and O–H groups in total. The van der Waals surface area contributed by atoms with Gasteiger partial charge in [-0.15, -0.1) is 0 Å². The van der Waals surface area contributed by atoms with Gasteiger partial charge in [0, 0.05) is 6.61 Å². The van der Waals surface area contributed by atoms with Crippen LogP contribution in [0.15, 0.2) is 18.2 Å². The van der Waals surface area contributed by atoms with Crippen molar-refractivity contribution in [2.45, 2.75) is 13.0 Å². The van der Waals surface area contributed by atoms with Crippen LogP contribution in [0, 0.1) is 11.6 Å². The van der Waals surface area contributed by atoms with Crippen LogP contribution in [0.3, 0.4) is 0 Å². The predicted molar refractivity (Wildman–Crippen MR) is 60.6 cm³/mol. The number of halogens is 2. The van der Waals surface area contributed by atoms with Crippen molar-refractivity contribution < 1.29 is 18.3 Å². The molecule has 0 spiro atoms. The number of rotatable bonds is 7. The average molecular weight is 245 g/mol. The highest BCUT2D eigenvalue weighted by Gasteiger charge is 2.09. The summed E-state index contributed by atoms with van der Waals surface area (Å²) in [6.45, 7) is 3.72. The van der Waals surface area contributed by atoms with Crippen molar-refractivity contribution in [3.8, 4) is 0 Å². The molecular weight excluding hydrogens is 228 g/mol. The van der Waals surface area contributed by atoms with Gasteiger partial charge in [-0.1, -0.05) is 6.07 Å². The third-order valence-electron chi connectivity index (χ3n) is 2.25. The van der Waals surface area contributed by atoms with Gasteiger partial charge in [-0.3, -0.25) is 0 Å². The molecule has 0 saturated heterocycles. The number of hydrogen-bond donors (Lipinski definition) is 1. The topological polar surface area (TPSA) is 44.5 Å². The normalized spacial score (nSPS) is 12.7. The Balaban J connectivity index is 2.36. The van der Waals surface area contributed by atoms with Crippen molar-refractivity contribution in [3.63, 3.8) is 0 Å². The van der Waals surface area contributed by atoms with Gasteiger partial charge in [0.25, 0.3) is 0 Å². The van der Waals surface area contributed by atoms with Crippen molar-refractivity contribution in [3.05, 3.63) is 35.4 Å². The molecule has 1 atom stereocenters. The van der Waals surface area contributed by atoms with E-state index in [0.29, 0.717) is 25.4 Å². The predicted octanol–water partition coefficient (Wildman–Crippen LogP) is 2.02. The second-order valence-electron chi connectivity index (χ2n) is 3.55. The van der Waals surface area contributed by atoms with Crippen LogP contribution >= 0.6 is 0 Å². The maximum absolute atomic E-state index is 12.9. The minimum absolute atomic E-state index is 0.248. The Hall–Kier alpha value is -1.04. The molecular formula is C12H17F2NO2. The van der Waals surface area contributed by atoms with Crippen molar-refractivity contribution in [1.29, 1.82) is 0 Å². The van der Waals surface area contributed by atoms with Crippen molar-refractivity contribution in [1.82, 2.24) is 0 Å². The fourth-order valence-electron chi connectivity index (χ4n) is 1.31. The maximum atomic E-state index is 12.9. The molecule has 0 radical (unpaired) electrons. The molecule has 0 aromatic heterocycles. The Morgan fingerprint density at radius 1 is 1.18 bits per heavy atom. The second-order valence-corrected chi connectivity index (χ2v) is 3.55. The van der Waals surface area contributed by atoms with Gasteiger partial charge in [-0.25, -0.2) is 8.78 Å². The lowest BCUT2D eigenvalue weighted by Crippen LogP contribution is -2.19. The molecule has 0 heterocycles. The van der Waals surface area contributed by atoms with E-state index in [1.165, 1.54) is 6.07 Å². The Morgan fingerprint density at radius 3 is 2.53 bits per heavy atom. The van der Waals surface area contributed by atoms with Crippen LogP contribution in [-0.4, -0.2) is 26.4 Å². The van der Waals surface area contributed by atoms with E-state index in [2.05, 4.69) is 0 Å². The smallest absolute Gasteiger partial charge is 0.159 e. The highest BCUT2D eigenvalue weighted by molar-refractivity contribution is 5.20. The second kappa shape index (κ2) is 7.32. The first-order valence-electron chi connectivity index (χ1n) is 5.51. The lowest BCUT2D eigenvalue weighted by Gasteiger charge is -2.12. The monoisotopic (exact) mass is 245 g/mol. The van der Waals surface area contributed by atoms with Crippen LogP contribution in [0.4, 0.5) is 8.78 Å². The minimum Gasteiger partial charge on any atom is -0.379 e. The molecule has 0 aliphatic carbocycles. The molecule has 0 fully saturated rings. The van der Waals surface area contributed by atoms with E-state index in [9.17, 15) is 8.78 Å². The number of ether oxygens (including phenoxy) is 2. The Labute approximate surface area is 99.5 Å². The lowest BCUT2D eigenvalue weighted by atomic mass is 10.1. The zero-order chi connectivity index (χ0) is 12.7. The molecule has 0 saturated carbocycles. The summed E-state index contributed by atoms with van der Waals surface area (Å²) in [5, 5.41) is 0. The molecule has 0 aliphatic rings. The summed E-state index contributed by atoms with van der Waals surface area (Å²) >= 11 is 0. The number of hydrogen-bond acceptors (Lipinski definition) is 3. The zero-order valence-corrected chi connectivity index (χ0v) is 9.79. The molecule has 0 aliphatic heterocycles. The van der Waals surface area contributed by atoms with E-state index in [4.69, 9.17) is 15.2 Å². The van der Waals surface area contributed by atoms with Gasteiger partial charge in [0.15, 0.2) is 11.6 Å². The summed E-state index contributed by atoms with van der Waals surface area (Å²) in [5.41, 5.74) is 6.29. The summed E-state index contributed by atoms with van der Waals surface area (Å²) in [4.78, 5) is 0. The maximum Gasteiger partial charge on any atom is 0.159 e.